The highest BCUT2D eigenvalue weighted by molar-refractivity contribution is 7.19. The molecule has 0 aliphatic carbocycles. The van der Waals surface area contributed by atoms with Gasteiger partial charge >= 0.3 is 0 Å². The van der Waals surface area contributed by atoms with E-state index in [1.165, 1.54) is 30.5 Å². The van der Waals surface area contributed by atoms with Gasteiger partial charge in [0.1, 0.15) is 28.6 Å². The van der Waals surface area contributed by atoms with Crippen LogP contribution in [0.2, 0.25) is 0 Å². The minimum Gasteiger partial charge on any atom is -0.356 e. The van der Waals surface area contributed by atoms with E-state index in [0.717, 1.165) is 59.7 Å². The summed E-state index contributed by atoms with van der Waals surface area (Å²) < 4.78 is 27.0. The first kappa shape index (κ1) is 18.7. The molecule has 1 amide bonds. The summed E-state index contributed by atoms with van der Waals surface area (Å²) >= 11 is 1.42. The maximum absolute atomic E-state index is 13.5. The zero-order valence-corrected chi connectivity index (χ0v) is 16.3. The highest BCUT2D eigenvalue weighted by Gasteiger charge is 2.24. The molecule has 3 aromatic rings. The Labute approximate surface area is 165 Å². The van der Waals surface area contributed by atoms with Gasteiger partial charge < -0.3 is 10.2 Å². The summed E-state index contributed by atoms with van der Waals surface area (Å²) in [6.07, 6.45) is 6.07. The molecule has 0 spiro atoms. The van der Waals surface area contributed by atoms with E-state index in [9.17, 15) is 13.6 Å². The number of aromatic nitrogens is 2. The van der Waals surface area contributed by atoms with Gasteiger partial charge in [0.2, 0.25) is 0 Å². The molecule has 0 saturated carbocycles. The summed E-state index contributed by atoms with van der Waals surface area (Å²) in [4.78, 5) is 25.6. The topological polar surface area (TPSA) is 58.1 Å². The van der Waals surface area contributed by atoms with E-state index in [0.29, 0.717) is 10.9 Å². The van der Waals surface area contributed by atoms with Gasteiger partial charge in [-0.15, -0.1) is 11.3 Å². The summed E-state index contributed by atoms with van der Waals surface area (Å²) in [6.45, 7) is 3.62. The number of carbonyl (C=O) groups is 1. The van der Waals surface area contributed by atoms with Crippen molar-refractivity contribution in [2.45, 2.75) is 32.6 Å². The van der Waals surface area contributed by atoms with Crippen LogP contribution in [0, 0.1) is 18.6 Å². The number of benzene rings is 1. The number of nitrogens with one attached hydrogen (secondary N) is 1. The van der Waals surface area contributed by atoms with E-state index in [-0.39, 0.29) is 5.69 Å². The van der Waals surface area contributed by atoms with Crippen molar-refractivity contribution < 1.29 is 13.6 Å². The SMILES string of the molecule is Cc1sc2ncnc(N3CCCCCC3)c2c1C(=O)Nc1cc(F)cc(F)c1. The Bertz CT molecular complexity index is 1010. The van der Waals surface area contributed by atoms with E-state index < -0.39 is 17.5 Å². The smallest absolute Gasteiger partial charge is 0.257 e. The molecule has 1 aliphatic rings. The number of anilines is 2. The molecule has 0 bridgehead atoms. The third-order valence-corrected chi connectivity index (χ3v) is 5.91. The Hall–Kier alpha value is -2.61. The fourth-order valence-corrected chi connectivity index (χ4v) is 4.63. The number of aryl methyl sites for hydroxylation is 1. The van der Waals surface area contributed by atoms with Crippen LogP contribution in [0.1, 0.15) is 40.9 Å². The molecule has 1 N–H and O–H groups in total. The Morgan fingerprint density at radius 2 is 1.75 bits per heavy atom. The highest BCUT2D eigenvalue weighted by Crippen LogP contribution is 2.36. The second-order valence-corrected chi connectivity index (χ2v) is 8.13. The summed E-state index contributed by atoms with van der Waals surface area (Å²) in [7, 11) is 0. The molecule has 0 unspecified atom stereocenters. The van der Waals surface area contributed by atoms with Crippen molar-refractivity contribution in [2.75, 3.05) is 23.3 Å². The van der Waals surface area contributed by atoms with Crippen molar-refractivity contribution in [1.29, 1.82) is 0 Å². The lowest BCUT2D eigenvalue weighted by molar-refractivity contribution is 0.102. The average molecular weight is 402 g/mol. The minimum atomic E-state index is -0.740. The molecule has 8 heteroatoms. The van der Waals surface area contributed by atoms with Gasteiger partial charge in [-0.05, 0) is 31.9 Å². The maximum Gasteiger partial charge on any atom is 0.257 e. The molecule has 28 heavy (non-hydrogen) atoms. The molecule has 1 saturated heterocycles. The van der Waals surface area contributed by atoms with Crippen LogP contribution in [0.25, 0.3) is 10.2 Å². The molecular formula is C20H20F2N4OS. The van der Waals surface area contributed by atoms with Crippen LogP contribution in [0.4, 0.5) is 20.3 Å². The van der Waals surface area contributed by atoms with E-state index in [1.54, 1.807) is 0 Å². The minimum absolute atomic E-state index is 0.0782. The first-order chi connectivity index (χ1) is 13.5. The van der Waals surface area contributed by atoms with Gasteiger partial charge in [0.15, 0.2) is 0 Å². The van der Waals surface area contributed by atoms with Gasteiger partial charge in [-0.3, -0.25) is 4.79 Å². The van der Waals surface area contributed by atoms with Crippen LogP contribution in [0.5, 0.6) is 0 Å². The van der Waals surface area contributed by atoms with Gasteiger partial charge in [0.05, 0.1) is 10.9 Å². The Balaban J connectivity index is 1.75. The molecule has 146 valence electrons. The molecule has 5 nitrogen and oxygen atoms in total. The molecule has 0 radical (unpaired) electrons. The number of thiophene rings is 1. The van der Waals surface area contributed by atoms with E-state index in [1.807, 2.05) is 6.92 Å². The van der Waals surface area contributed by atoms with Crippen molar-refractivity contribution in [3.05, 3.63) is 46.6 Å². The summed E-state index contributed by atoms with van der Waals surface area (Å²) in [5, 5.41) is 3.32. The number of carbonyl (C=O) groups excluding carboxylic acids is 1. The van der Waals surface area contributed by atoms with Crippen molar-refractivity contribution in [3.63, 3.8) is 0 Å². The monoisotopic (exact) mass is 402 g/mol. The van der Waals surface area contributed by atoms with E-state index in [2.05, 4.69) is 20.2 Å². The van der Waals surface area contributed by atoms with Crippen LogP contribution < -0.4 is 10.2 Å². The largest absolute Gasteiger partial charge is 0.356 e. The third-order valence-electron chi connectivity index (χ3n) is 4.90. The molecule has 3 heterocycles. The molecular weight excluding hydrogens is 382 g/mol. The molecule has 1 aromatic carbocycles. The number of hydrogen-bond donors (Lipinski definition) is 1. The zero-order valence-electron chi connectivity index (χ0n) is 15.5. The van der Waals surface area contributed by atoms with Crippen LogP contribution in [0.3, 0.4) is 0 Å². The quantitative estimate of drug-likeness (QED) is 0.676. The predicted octanol–water partition coefficient (Wildman–Crippen LogP) is 4.91. The van der Waals surface area contributed by atoms with Crippen molar-refractivity contribution in [2.24, 2.45) is 0 Å². The Morgan fingerprint density at radius 3 is 2.43 bits per heavy atom. The van der Waals surface area contributed by atoms with Gasteiger partial charge in [-0.1, -0.05) is 12.8 Å². The molecule has 1 aliphatic heterocycles. The van der Waals surface area contributed by atoms with Gasteiger partial charge in [0.25, 0.3) is 5.91 Å². The normalized spacial score (nSPS) is 14.9. The number of rotatable bonds is 3. The maximum atomic E-state index is 13.5. The first-order valence-electron chi connectivity index (χ1n) is 9.29. The van der Waals surface area contributed by atoms with Crippen molar-refractivity contribution >= 4 is 39.0 Å². The lowest BCUT2D eigenvalue weighted by Crippen LogP contribution is -2.25. The predicted molar refractivity (Wildman–Crippen MR) is 107 cm³/mol. The van der Waals surface area contributed by atoms with Crippen LogP contribution >= 0.6 is 11.3 Å². The van der Waals surface area contributed by atoms with Gasteiger partial charge in [0, 0.05) is 29.7 Å². The first-order valence-corrected chi connectivity index (χ1v) is 10.1. The number of hydrogen-bond acceptors (Lipinski definition) is 5. The molecule has 2 aromatic heterocycles. The number of halogens is 2. The van der Waals surface area contributed by atoms with Crippen LogP contribution in [-0.2, 0) is 0 Å². The summed E-state index contributed by atoms with van der Waals surface area (Å²) in [6, 6.07) is 2.96. The number of nitrogens with zero attached hydrogens (tertiary/aromatic N) is 3. The fourth-order valence-electron chi connectivity index (χ4n) is 3.64. The Kier molecular flexibility index (Phi) is 5.21. The average Bonchev–Trinajstić information content (AvgIpc) is 2.80. The lowest BCUT2D eigenvalue weighted by Gasteiger charge is -2.22. The van der Waals surface area contributed by atoms with Crippen LogP contribution in [-0.4, -0.2) is 29.0 Å². The second-order valence-electron chi connectivity index (χ2n) is 6.92. The lowest BCUT2D eigenvalue weighted by atomic mass is 10.1. The molecule has 1 fully saturated rings. The molecule has 0 atom stereocenters. The Morgan fingerprint density at radius 1 is 1.07 bits per heavy atom. The zero-order chi connectivity index (χ0) is 19.7. The summed E-state index contributed by atoms with van der Waals surface area (Å²) in [5.41, 5.74) is 0.541. The van der Waals surface area contributed by atoms with Crippen molar-refractivity contribution in [1.82, 2.24) is 9.97 Å². The number of amides is 1. The fraction of sp³-hybridized carbons (Fsp3) is 0.350. The standard InChI is InChI=1S/C20H20F2N4OS/c1-12-16(19(27)25-15-9-13(21)8-14(22)10-15)17-18(23-11-24-20(17)28-12)26-6-4-2-3-5-7-26/h8-11H,2-7H2,1H3,(H,25,27). The third kappa shape index (κ3) is 3.69. The number of fused-ring (bicyclic) bond motifs is 1. The van der Waals surface area contributed by atoms with Gasteiger partial charge in [-0.2, -0.15) is 0 Å². The highest BCUT2D eigenvalue weighted by atomic mass is 32.1. The van der Waals surface area contributed by atoms with Crippen molar-refractivity contribution in [3.8, 4) is 0 Å². The van der Waals surface area contributed by atoms with E-state index in [4.69, 9.17) is 0 Å². The van der Waals surface area contributed by atoms with Gasteiger partial charge in [-0.25, -0.2) is 18.7 Å². The molecule has 4 rings (SSSR count). The summed E-state index contributed by atoms with van der Waals surface area (Å²) in [5.74, 6) is -1.14. The second kappa shape index (κ2) is 7.79. The van der Waals surface area contributed by atoms with Crippen LogP contribution in [0.15, 0.2) is 24.5 Å². The van der Waals surface area contributed by atoms with E-state index >= 15 is 0 Å².